The van der Waals surface area contributed by atoms with Crippen molar-refractivity contribution in [3.8, 4) is 0 Å². The molecule has 0 atom stereocenters. The zero-order chi connectivity index (χ0) is 18.4. The third-order valence-electron chi connectivity index (χ3n) is 4.34. The summed E-state index contributed by atoms with van der Waals surface area (Å²) in [7, 11) is 1.43. The number of nitrogens with zero attached hydrogens (tertiary/aromatic N) is 1. The van der Waals surface area contributed by atoms with Gasteiger partial charge in [0, 0.05) is 18.8 Å². The van der Waals surface area contributed by atoms with Gasteiger partial charge in [-0.3, -0.25) is 0 Å². The standard InChI is InChI=1S/C19H29NO4S/c1-19(2,3)24-18(22)20-10-7-14(8-11-20)5-6-15-9-12-25-13-16(15)17(21)23-4/h5-6,14H,7-13H2,1-4H3/b6-5+. The number of thioether (sulfide) groups is 1. The number of hydrogen-bond acceptors (Lipinski definition) is 5. The number of carbonyl (C=O) groups is 2. The highest BCUT2D eigenvalue weighted by Crippen LogP contribution is 2.27. The van der Waals surface area contributed by atoms with E-state index in [1.165, 1.54) is 7.11 Å². The van der Waals surface area contributed by atoms with Crippen molar-refractivity contribution in [2.24, 2.45) is 5.92 Å². The van der Waals surface area contributed by atoms with Crippen molar-refractivity contribution < 1.29 is 19.1 Å². The van der Waals surface area contributed by atoms with Crippen molar-refractivity contribution >= 4 is 23.8 Å². The number of likely N-dealkylation sites (tertiary alicyclic amines) is 1. The minimum Gasteiger partial charge on any atom is -0.466 e. The van der Waals surface area contributed by atoms with Crippen molar-refractivity contribution in [3.63, 3.8) is 0 Å². The van der Waals surface area contributed by atoms with Gasteiger partial charge in [0.15, 0.2) is 0 Å². The maximum atomic E-state index is 12.1. The Kier molecular flexibility index (Phi) is 6.99. The maximum Gasteiger partial charge on any atom is 0.410 e. The van der Waals surface area contributed by atoms with Crippen LogP contribution in [-0.2, 0) is 14.3 Å². The van der Waals surface area contributed by atoms with E-state index in [0.717, 1.165) is 41.9 Å². The molecule has 2 rings (SSSR count). The van der Waals surface area contributed by atoms with Gasteiger partial charge in [0.25, 0.3) is 0 Å². The largest absolute Gasteiger partial charge is 0.466 e. The summed E-state index contributed by atoms with van der Waals surface area (Å²) in [6.07, 6.45) is 6.81. The van der Waals surface area contributed by atoms with E-state index in [1.54, 1.807) is 16.7 Å². The van der Waals surface area contributed by atoms with Crippen LogP contribution in [0.15, 0.2) is 23.3 Å². The molecule has 0 spiro atoms. The van der Waals surface area contributed by atoms with Crippen molar-refractivity contribution in [2.75, 3.05) is 31.7 Å². The van der Waals surface area contributed by atoms with E-state index in [0.29, 0.717) is 19.0 Å². The molecule has 25 heavy (non-hydrogen) atoms. The molecule has 0 radical (unpaired) electrons. The molecule has 0 aromatic rings. The van der Waals surface area contributed by atoms with Crippen LogP contribution in [0, 0.1) is 5.92 Å². The third-order valence-corrected chi connectivity index (χ3v) is 5.33. The molecule has 6 heteroatoms. The number of methoxy groups -OCH3 is 1. The van der Waals surface area contributed by atoms with E-state index in [1.807, 2.05) is 20.8 Å². The molecule has 0 aromatic carbocycles. The Balaban J connectivity index is 1.90. The lowest BCUT2D eigenvalue weighted by Gasteiger charge is -2.32. The van der Waals surface area contributed by atoms with Crippen LogP contribution in [0.1, 0.15) is 40.0 Å². The molecule has 1 saturated heterocycles. The molecular weight excluding hydrogens is 338 g/mol. The van der Waals surface area contributed by atoms with E-state index in [2.05, 4.69) is 12.2 Å². The molecule has 0 N–H and O–H groups in total. The maximum absolute atomic E-state index is 12.1. The molecule has 2 aliphatic rings. The predicted molar refractivity (Wildman–Crippen MR) is 101 cm³/mol. The Hall–Kier alpha value is -1.43. The van der Waals surface area contributed by atoms with Crippen molar-refractivity contribution in [2.45, 2.75) is 45.6 Å². The van der Waals surface area contributed by atoms with E-state index < -0.39 is 5.60 Å². The van der Waals surface area contributed by atoms with Crippen LogP contribution in [0.4, 0.5) is 4.79 Å². The lowest BCUT2D eigenvalue weighted by atomic mass is 9.94. The van der Waals surface area contributed by atoms with E-state index in [4.69, 9.17) is 9.47 Å². The molecule has 1 fully saturated rings. The Morgan fingerprint density at radius 3 is 2.52 bits per heavy atom. The zero-order valence-electron chi connectivity index (χ0n) is 15.7. The Labute approximate surface area is 154 Å². The zero-order valence-corrected chi connectivity index (χ0v) is 16.5. The second-order valence-electron chi connectivity index (χ2n) is 7.46. The number of piperidine rings is 1. The first-order valence-corrected chi connectivity index (χ1v) is 10.00. The van der Waals surface area contributed by atoms with Crippen LogP contribution >= 0.6 is 11.8 Å². The van der Waals surface area contributed by atoms with E-state index in [9.17, 15) is 9.59 Å². The molecular formula is C19H29NO4S. The van der Waals surface area contributed by atoms with E-state index in [-0.39, 0.29) is 12.1 Å². The van der Waals surface area contributed by atoms with Gasteiger partial charge >= 0.3 is 12.1 Å². The van der Waals surface area contributed by atoms with Gasteiger partial charge in [0.05, 0.1) is 12.7 Å². The van der Waals surface area contributed by atoms with Crippen LogP contribution in [0.5, 0.6) is 0 Å². The number of esters is 1. The Bertz CT molecular complexity index is 554. The van der Waals surface area contributed by atoms with Gasteiger partial charge in [-0.25, -0.2) is 9.59 Å². The number of ether oxygens (including phenoxy) is 2. The normalized spacial score (nSPS) is 20.1. The van der Waals surface area contributed by atoms with Gasteiger partial charge in [-0.2, -0.15) is 11.8 Å². The van der Waals surface area contributed by atoms with Gasteiger partial charge in [-0.15, -0.1) is 0 Å². The highest BCUT2D eigenvalue weighted by Gasteiger charge is 2.26. The molecule has 2 heterocycles. The monoisotopic (exact) mass is 367 g/mol. The molecule has 2 aliphatic heterocycles. The third kappa shape index (κ3) is 6.10. The summed E-state index contributed by atoms with van der Waals surface area (Å²) in [5, 5.41) is 0. The summed E-state index contributed by atoms with van der Waals surface area (Å²) in [5.41, 5.74) is 1.44. The fraction of sp³-hybridized carbons (Fsp3) is 0.684. The Morgan fingerprint density at radius 1 is 1.24 bits per heavy atom. The number of amides is 1. The van der Waals surface area contributed by atoms with Crippen molar-refractivity contribution in [3.05, 3.63) is 23.3 Å². The average molecular weight is 368 g/mol. The number of allylic oxidation sites excluding steroid dienone is 3. The van der Waals surface area contributed by atoms with Crippen LogP contribution in [0.25, 0.3) is 0 Å². The molecule has 0 aromatic heterocycles. The average Bonchev–Trinajstić information content (AvgIpc) is 2.58. The minimum atomic E-state index is -0.455. The second kappa shape index (κ2) is 8.79. The number of rotatable bonds is 3. The lowest BCUT2D eigenvalue weighted by Crippen LogP contribution is -2.41. The number of carbonyl (C=O) groups excluding carboxylic acids is 2. The summed E-state index contributed by atoms with van der Waals surface area (Å²) in [4.78, 5) is 25.8. The molecule has 0 unspecified atom stereocenters. The topological polar surface area (TPSA) is 55.8 Å². The summed E-state index contributed by atoms with van der Waals surface area (Å²) in [6.45, 7) is 7.08. The van der Waals surface area contributed by atoms with Crippen LogP contribution < -0.4 is 0 Å². The van der Waals surface area contributed by atoms with Crippen LogP contribution in [-0.4, -0.2) is 54.3 Å². The minimum absolute atomic E-state index is 0.216. The molecule has 0 bridgehead atoms. The first kappa shape index (κ1) is 19.9. The van der Waals surface area contributed by atoms with Gasteiger partial charge in [-0.05, 0) is 57.3 Å². The Morgan fingerprint density at radius 2 is 1.92 bits per heavy atom. The molecule has 5 nitrogen and oxygen atoms in total. The molecule has 140 valence electrons. The molecule has 0 aliphatic carbocycles. The van der Waals surface area contributed by atoms with Gasteiger partial charge in [0.2, 0.25) is 0 Å². The fourth-order valence-corrected chi connectivity index (χ4v) is 3.97. The van der Waals surface area contributed by atoms with Crippen molar-refractivity contribution in [1.29, 1.82) is 0 Å². The summed E-state index contributed by atoms with van der Waals surface area (Å²) in [5.74, 6) is 1.98. The van der Waals surface area contributed by atoms with Crippen LogP contribution in [0.2, 0.25) is 0 Å². The van der Waals surface area contributed by atoms with Gasteiger partial charge in [-0.1, -0.05) is 12.2 Å². The van der Waals surface area contributed by atoms with Gasteiger partial charge < -0.3 is 14.4 Å². The quantitative estimate of drug-likeness (QED) is 0.710. The molecule has 1 amide bonds. The highest BCUT2D eigenvalue weighted by molar-refractivity contribution is 7.99. The second-order valence-corrected chi connectivity index (χ2v) is 8.57. The molecule has 0 saturated carbocycles. The summed E-state index contributed by atoms with van der Waals surface area (Å²) < 4.78 is 10.3. The van der Waals surface area contributed by atoms with Crippen LogP contribution in [0.3, 0.4) is 0 Å². The fourth-order valence-electron chi connectivity index (χ4n) is 2.95. The predicted octanol–water partition coefficient (Wildman–Crippen LogP) is 3.80. The smallest absolute Gasteiger partial charge is 0.410 e. The van der Waals surface area contributed by atoms with Crippen molar-refractivity contribution in [1.82, 2.24) is 4.90 Å². The summed E-state index contributed by atoms with van der Waals surface area (Å²) in [6, 6.07) is 0. The highest BCUT2D eigenvalue weighted by atomic mass is 32.2. The van der Waals surface area contributed by atoms with E-state index >= 15 is 0 Å². The first-order chi connectivity index (χ1) is 11.8. The van der Waals surface area contributed by atoms with Gasteiger partial charge in [0.1, 0.15) is 5.60 Å². The summed E-state index contributed by atoms with van der Waals surface area (Å²) >= 11 is 1.77. The first-order valence-electron chi connectivity index (χ1n) is 8.84. The number of hydrogen-bond donors (Lipinski definition) is 0. The lowest BCUT2D eigenvalue weighted by molar-refractivity contribution is -0.136. The SMILES string of the molecule is COC(=O)C1=C(/C=C/C2CCN(C(=O)OC(C)(C)C)CC2)CCSC1.